The van der Waals surface area contributed by atoms with Gasteiger partial charge in [0.15, 0.2) is 11.0 Å². The van der Waals surface area contributed by atoms with Crippen molar-refractivity contribution in [2.75, 3.05) is 5.75 Å². The molecule has 0 amide bonds. The van der Waals surface area contributed by atoms with Crippen LogP contribution >= 0.6 is 35.5 Å². The summed E-state index contributed by atoms with van der Waals surface area (Å²) in [6.07, 6.45) is 1.35. The van der Waals surface area contributed by atoms with Crippen LogP contribution in [0.3, 0.4) is 0 Å². The van der Waals surface area contributed by atoms with Gasteiger partial charge in [0.2, 0.25) is 5.78 Å². The van der Waals surface area contributed by atoms with Crippen LogP contribution in [-0.4, -0.2) is 34.0 Å². The van der Waals surface area contributed by atoms with Crippen molar-refractivity contribution in [2.24, 2.45) is 8.80 Å². The van der Waals surface area contributed by atoms with Crippen molar-refractivity contribution in [1.82, 2.24) is 0 Å². The van der Waals surface area contributed by atoms with Crippen LogP contribution in [0, 0.1) is 0 Å². The minimum Gasteiger partial charge on any atom is -0.292 e. The molecule has 0 saturated heterocycles. The molecular weight excluding hydrogens is 244 g/mol. The van der Waals surface area contributed by atoms with Crippen molar-refractivity contribution >= 4 is 58.4 Å². The SMILES string of the molecule is CC1SN=C(Cl)C1=O.O=C1C=NSC1. The van der Waals surface area contributed by atoms with Crippen molar-refractivity contribution < 1.29 is 9.59 Å². The Hall–Kier alpha value is -0.330. The standard InChI is InChI=1S/C4H4ClNOS.C3H3NOS/c1-2-3(7)4(5)6-8-2;5-3-1-4-6-2-3/h2H,1H3;1H,2H2. The number of carbonyl (C=O) groups excluding carboxylic acids is 2. The lowest BCUT2D eigenvalue weighted by atomic mass is 10.3. The van der Waals surface area contributed by atoms with Crippen LogP contribution in [0.1, 0.15) is 6.92 Å². The zero-order valence-electron chi connectivity index (χ0n) is 7.27. The highest BCUT2D eigenvalue weighted by Gasteiger charge is 2.24. The van der Waals surface area contributed by atoms with E-state index < -0.39 is 0 Å². The van der Waals surface area contributed by atoms with Crippen LogP contribution < -0.4 is 0 Å². The number of nitrogens with zero attached hydrogens (tertiary/aromatic N) is 2. The summed E-state index contributed by atoms with van der Waals surface area (Å²) in [4.78, 5) is 20.7. The lowest BCUT2D eigenvalue weighted by Gasteiger charge is -1.89. The highest BCUT2D eigenvalue weighted by atomic mass is 35.5. The number of halogens is 1. The first-order valence-corrected chi connectivity index (χ1v) is 5.88. The third-order valence-corrected chi connectivity index (χ3v) is 3.20. The largest absolute Gasteiger partial charge is 0.292 e. The number of Topliss-reactive ketones (excluding diaryl/α,β-unsaturated/α-hetero) is 2. The predicted molar refractivity (Wildman–Crippen MR) is 61.3 cm³/mol. The summed E-state index contributed by atoms with van der Waals surface area (Å²) in [6.45, 7) is 1.78. The number of ketones is 2. The molecule has 76 valence electrons. The maximum atomic E-state index is 10.6. The second-order valence-electron chi connectivity index (χ2n) is 2.47. The van der Waals surface area contributed by atoms with Crippen molar-refractivity contribution in [3.63, 3.8) is 0 Å². The van der Waals surface area contributed by atoms with Gasteiger partial charge in [0, 0.05) is 0 Å². The Labute approximate surface area is 94.9 Å². The fourth-order valence-corrected chi connectivity index (χ4v) is 1.98. The van der Waals surface area contributed by atoms with Crippen molar-refractivity contribution in [3.8, 4) is 0 Å². The van der Waals surface area contributed by atoms with Crippen LogP contribution in [-0.2, 0) is 9.59 Å². The highest BCUT2D eigenvalue weighted by Crippen LogP contribution is 2.22. The molecule has 0 bridgehead atoms. The van der Waals surface area contributed by atoms with Gasteiger partial charge in [-0.2, -0.15) is 4.40 Å². The molecule has 7 heteroatoms. The summed E-state index contributed by atoms with van der Waals surface area (Å²) in [5, 5.41) is 0.0602. The van der Waals surface area contributed by atoms with Crippen LogP contribution in [0.2, 0.25) is 0 Å². The summed E-state index contributed by atoms with van der Waals surface area (Å²) in [5.74, 6) is 0.608. The first-order chi connectivity index (χ1) is 6.61. The number of hydrogen-bond donors (Lipinski definition) is 0. The second-order valence-corrected chi connectivity index (χ2v) is 4.68. The summed E-state index contributed by atoms with van der Waals surface area (Å²) in [5.41, 5.74) is 0. The molecule has 4 nitrogen and oxygen atoms in total. The molecule has 0 saturated carbocycles. The van der Waals surface area contributed by atoms with Gasteiger partial charge in [-0.15, -0.1) is 0 Å². The van der Waals surface area contributed by atoms with Crippen molar-refractivity contribution in [2.45, 2.75) is 12.2 Å². The molecule has 2 heterocycles. The highest BCUT2D eigenvalue weighted by molar-refractivity contribution is 8.00. The predicted octanol–water partition coefficient (Wildman–Crippen LogP) is 1.53. The number of rotatable bonds is 0. The molecule has 1 atom stereocenters. The Morgan fingerprint density at radius 2 is 2.29 bits per heavy atom. The Bertz CT molecular complexity index is 317. The molecule has 0 fully saturated rings. The van der Waals surface area contributed by atoms with E-state index in [0.29, 0.717) is 5.75 Å². The summed E-state index contributed by atoms with van der Waals surface area (Å²) < 4.78 is 7.25. The van der Waals surface area contributed by atoms with Gasteiger partial charge in [-0.05, 0) is 30.8 Å². The van der Waals surface area contributed by atoms with Crippen LogP contribution in [0.25, 0.3) is 0 Å². The quantitative estimate of drug-likeness (QED) is 0.612. The van der Waals surface area contributed by atoms with Gasteiger partial charge in [-0.3, -0.25) is 9.59 Å². The second kappa shape index (κ2) is 5.53. The summed E-state index contributed by atoms with van der Waals surface area (Å²) >= 11 is 7.86. The molecule has 2 aliphatic rings. The Balaban J connectivity index is 0.000000146. The van der Waals surface area contributed by atoms with E-state index in [4.69, 9.17) is 11.6 Å². The van der Waals surface area contributed by atoms with E-state index in [0.717, 1.165) is 0 Å². The average Bonchev–Trinajstić information content (AvgIpc) is 2.73. The lowest BCUT2D eigenvalue weighted by Crippen LogP contribution is -2.12. The van der Waals surface area contributed by atoms with Gasteiger partial charge in [-0.25, -0.2) is 4.40 Å². The van der Waals surface area contributed by atoms with Crippen molar-refractivity contribution in [3.05, 3.63) is 0 Å². The first-order valence-electron chi connectivity index (χ1n) is 3.73. The van der Waals surface area contributed by atoms with Gasteiger partial charge in [0.25, 0.3) is 0 Å². The molecule has 2 rings (SSSR count). The van der Waals surface area contributed by atoms with E-state index in [1.807, 2.05) is 0 Å². The average molecular weight is 251 g/mol. The van der Waals surface area contributed by atoms with Gasteiger partial charge < -0.3 is 0 Å². The van der Waals surface area contributed by atoms with Gasteiger partial charge in [0.05, 0.1) is 17.2 Å². The molecular formula is C7H7ClN2O2S2. The molecule has 2 aliphatic heterocycles. The summed E-state index contributed by atoms with van der Waals surface area (Å²) in [7, 11) is 0. The normalized spacial score (nSPS) is 24.7. The molecule has 1 unspecified atom stereocenters. The number of carbonyl (C=O) groups is 2. The van der Waals surface area contributed by atoms with E-state index in [-0.39, 0.29) is 22.0 Å². The topological polar surface area (TPSA) is 58.9 Å². The van der Waals surface area contributed by atoms with Crippen molar-refractivity contribution in [1.29, 1.82) is 0 Å². The van der Waals surface area contributed by atoms with E-state index >= 15 is 0 Å². The van der Waals surface area contributed by atoms with E-state index in [9.17, 15) is 9.59 Å². The maximum absolute atomic E-state index is 10.6. The van der Waals surface area contributed by atoms with E-state index in [1.54, 1.807) is 6.92 Å². The Morgan fingerprint density at radius 1 is 1.57 bits per heavy atom. The molecule has 0 N–H and O–H groups in total. The zero-order chi connectivity index (χ0) is 10.6. The fraction of sp³-hybridized carbons (Fsp3) is 0.429. The molecule has 0 radical (unpaired) electrons. The molecule has 0 aromatic heterocycles. The maximum Gasteiger partial charge on any atom is 0.207 e. The van der Waals surface area contributed by atoms with Crippen LogP contribution in [0.15, 0.2) is 8.80 Å². The molecule has 0 aliphatic carbocycles. The summed E-state index contributed by atoms with van der Waals surface area (Å²) in [6, 6.07) is 0. The minimum atomic E-state index is -0.0671. The molecule has 14 heavy (non-hydrogen) atoms. The lowest BCUT2D eigenvalue weighted by molar-refractivity contribution is -0.112. The zero-order valence-corrected chi connectivity index (χ0v) is 9.66. The van der Waals surface area contributed by atoms with Gasteiger partial charge in [0.1, 0.15) is 0 Å². The molecule has 0 spiro atoms. The van der Waals surface area contributed by atoms with Crippen LogP contribution in [0.5, 0.6) is 0 Å². The van der Waals surface area contributed by atoms with E-state index in [1.165, 1.54) is 30.1 Å². The third-order valence-electron chi connectivity index (χ3n) is 1.34. The molecule has 0 aromatic carbocycles. The number of hydrogen-bond acceptors (Lipinski definition) is 6. The Morgan fingerprint density at radius 3 is 2.43 bits per heavy atom. The van der Waals surface area contributed by atoms with Gasteiger partial charge >= 0.3 is 0 Å². The smallest absolute Gasteiger partial charge is 0.207 e. The van der Waals surface area contributed by atoms with E-state index in [2.05, 4.69) is 8.80 Å². The Kier molecular flexibility index (Phi) is 4.64. The monoisotopic (exact) mass is 250 g/mol. The molecule has 0 aromatic rings. The van der Waals surface area contributed by atoms with Gasteiger partial charge in [-0.1, -0.05) is 11.6 Å². The third kappa shape index (κ3) is 3.43. The first kappa shape index (κ1) is 11.7. The van der Waals surface area contributed by atoms with Crippen LogP contribution in [0.4, 0.5) is 0 Å². The fourth-order valence-electron chi connectivity index (χ4n) is 0.620. The minimum absolute atomic E-state index is 0.0586.